The Labute approximate surface area is 159 Å². The first-order valence-corrected chi connectivity index (χ1v) is 8.37. The first-order valence-electron chi connectivity index (χ1n) is 7.62. The van der Waals surface area contributed by atoms with Crippen LogP contribution in [-0.4, -0.2) is 22.2 Å². The van der Waals surface area contributed by atoms with Crippen LogP contribution in [0.4, 0.5) is 17.1 Å². The van der Waals surface area contributed by atoms with Gasteiger partial charge < -0.3 is 10.4 Å². The molecule has 0 radical (unpaired) electrons. The molecule has 0 fully saturated rings. The molecule has 136 valence electrons. The molecule has 0 saturated heterocycles. The van der Waals surface area contributed by atoms with Gasteiger partial charge in [0.15, 0.2) is 0 Å². The number of aliphatic imine (C=N–C) groups is 1. The Kier molecular flexibility index (Phi) is 6.54. The van der Waals surface area contributed by atoms with Gasteiger partial charge in [0.05, 0.1) is 15.6 Å². The van der Waals surface area contributed by atoms with Crippen molar-refractivity contribution in [1.29, 1.82) is 0 Å². The number of amides is 1. The van der Waals surface area contributed by atoms with E-state index in [1.54, 1.807) is 18.2 Å². The van der Waals surface area contributed by atoms with E-state index in [4.69, 9.17) is 23.2 Å². The summed E-state index contributed by atoms with van der Waals surface area (Å²) in [7, 11) is 0. The minimum absolute atomic E-state index is 0.0701. The summed E-state index contributed by atoms with van der Waals surface area (Å²) < 4.78 is 0. The van der Waals surface area contributed by atoms with Crippen molar-refractivity contribution < 1.29 is 14.8 Å². The minimum atomic E-state index is -0.741. The number of nitrogens with one attached hydrogen (secondary N) is 1. The van der Waals surface area contributed by atoms with Crippen molar-refractivity contribution in [3.8, 4) is 5.75 Å². The maximum atomic E-state index is 11.7. The lowest BCUT2D eigenvalue weighted by atomic mass is 10.2. The summed E-state index contributed by atoms with van der Waals surface area (Å²) in [6, 6.07) is 7.15. The smallest absolute Gasteiger partial charge is 0.312 e. The lowest BCUT2D eigenvalue weighted by molar-refractivity contribution is -0.385. The lowest BCUT2D eigenvalue weighted by Crippen LogP contribution is -2.10. The number of carbonyl (C=O) groups excluding carboxylic acids is 1. The van der Waals surface area contributed by atoms with Gasteiger partial charge in [-0.1, -0.05) is 30.1 Å². The van der Waals surface area contributed by atoms with Crippen molar-refractivity contribution in [2.24, 2.45) is 4.99 Å². The topological polar surface area (TPSA) is 105 Å². The number of hydrogen-bond acceptors (Lipinski definition) is 5. The average Bonchev–Trinajstić information content (AvgIpc) is 2.57. The van der Waals surface area contributed by atoms with Gasteiger partial charge in [-0.2, -0.15) is 0 Å². The highest BCUT2D eigenvalue weighted by Gasteiger charge is 2.17. The van der Waals surface area contributed by atoms with Crippen LogP contribution in [0.3, 0.4) is 0 Å². The number of anilines is 1. The van der Waals surface area contributed by atoms with Crippen LogP contribution >= 0.6 is 23.2 Å². The molecule has 0 saturated carbocycles. The second-order valence-corrected chi connectivity index (χ2v) is 6.19. The van der Waals surface area contributed by atoms with E-state index in [1.807, 2.05) is 6.92 Å². The summed E-state index contributed by atoms with van der Waals surface area (Å²) in [5, 5.41) is 24.0. The van der Waals surface area contributed by atoms with Crippen molar-refractivity contribution in [2.45, 2.75) is 19.8 Å². The third kappa shape index (κ3) is 4.93. The van der Waals surface area contributed by atoms with E-state index >= 15 is 0 Å². The second kappa shape index (κ2) is 8.64. The zero-order valence-corrected chi connectivity index (χ0v) is 15.2. The van der Waals surface area contributed by atoms with Crippen LogP contribution in [-0.2, 0) is 4.79 Å². The van der Waals surface area contributed by atoms with Gasteiger partial charge in [-0.05, 0) is 30.7 Å². The maximum Gasteiger partial charge on any atom is 0.312 e. The number of carbonyl (C=O) groups is 1. The normalized spacial score (nSPS) is 10.9. The molecule has 0 atom stereocenters. The Morgan fingerprint density at radius 2 is 2.08 bits per heavy atom. The first-order chi connectivity index (χ1) is 12.3. The van der Waals surface area contributed by atoms with E-state index in [0.717, 1.165) is 12.5 Å². The predicted octanol–water partition coefficient (Wildman–Crippen LogP) is 5.10. The van der Waals surface area contributed by atoms with Gasteiger partial charge in [0.1, 0.15) is 0 Å². The van der Waals surface area contributed by atoms with Crippen molar-refractivity contribution in [1.82, 2.24) is 0 Å². The molecule has 0 heterocycles. The fourth-order valence-corrected chi connectivity index (χ4v) is 2.51. The molecule has 0 aliphatic carbocycles. The van der Waals surface area contributed by atoms with Crippen LogP contribution in [0.15, 0.2) is 35.3 Å². The van der Waals surface area contributed by atoms with E-state index in [1.165, 1.54) is 12.3 Å². The van der Waals surface area contributed by atoms with Crippen molar-refractivity contribution in [3.05, 3.63) is 56.1 Å². The Hall–Kier alpha value is -2.64. The van der Waals surface area contributed by atoms with Crippen LogP contribution in [0, 0.1) is 10.1 Å². The lowest BCUT2D eigenvalue weighted by Gasteiger charge is -2.06. The Morgan fingerprint density at radius 3 is 2.73 bits per heavy atom. The van der Waals surface area contributed by atoms with Crippen LogP contribution in [0.25, 0.3) is 0 Å². The fourth-order valence-electron chi connectivity index (χ4n) is 2.12. The number of phenols is 1. The molecule has 0 bridgehead atoms. The number of phenolic OH excluding ortho intramolecular Hbond substituents is 1. The Morgan fingerprint density at radius 1 is 1.35 bits per heavy atom. The molecule has 2 rings (SSSR count). The molecule has 0 aliphatic rings. The second-order valence-electron chi connectivity index (χ2n) is 5.34. The van der Waals surface area contributed by atoms with Crippen molar-refractivity contribution in [2.75, 3.05) is 5.32 Å². The summed E-state index contributed by atoms with van der Waals surface area (Å²) in [4.78, 5) is 26.0. The third-order valence-corrected chi connectivity index (χ3v) is 3.87. The van der Waals surface area contributed by atoms with Gasteiger partial charge in [-0.15, -0.1) is 0 Å². The van der Waals surface area contributed by atoms with E-state index in [0.29, 0.717) is 22.8 Å². The molecule has 0 aromatic heterocycles. The number of nitrogens with zero attached hydrogens (tertiary/aromatic N) is 2. The SMILES string of the molecule is CCCC(=O)Nc1ccc(Cl)c(N=Cc2cc(Cl)cc([N+](=O)[O-])c2O)c1. The number of hydrogen-bond donors (Lipinski definition) is 2. The molecule has 0 aliphatic heterocycles. The number of aromatic hydroxyl groups is 1. The van der Waals surface area contributed by atoms with Crippen molar-refractivity contribution in [3.63, 3.8) is 0 Å². The molecule has 1 amide bonds. The van der Waals surface area contributed by atoms with E-state index in [2.05, 4.69) is 10.3 Å². The van der Waals surface area contributed by atoms with Crippen LogP contribution in [0.1, 0.15) is 25.3 Å². The maximum absolute atomic E-state index is 11.7. The van der Waals surface area contributed by atoms with Gasteiger partial charge in [-0.25, -0.2) is 0 Å². The predicted molar refractivity (Wildman–Crippen MR) is 102 cm³/mol. The zero-order chi connectivity index (χ0) is 19.3. The average molecular weight is 396 g/mol. The summed E-state index contributed by atoms with van der Waals surface area (Å²) in [5.41, 5.74) is 0.385. The molecule has 0 spiro atoms. The van der Waals surface area contributed by atoms with E-state index < -0.39 is 16.4 Å². The van der Waals surface area contributed by atoms with E-state index in [9.17, 15) is 20.0 Å². The van der Waals surface area contributed by atoms with Gasteiger partial charge in [-0.3, -0.25) is 19.9 Å². The highest BCUT2D eigenvalue weighted by atomic mass is 35.5. The van der Waals surface area contributed by atoms with Gasteiger partial charge >= 0.3 is 5.69 Å². The van der Waals surface area contributed by atoms with E-state index in [-0.39, 0.29) is 16.5 Å². The molecule has 7 nitrogen and oxygen atoms in total. The van der Waals surface area contributed by atoms with Crippen LogP contribution in [0.2, 0.25) is 10.0 Å². The van der Waals surface area contributed by atoms with Crippen molar-refractivity contribution >= 4 is 52.4 Å². The fraction of sp³-hybridized carbons (Fsp3) is 0.176. The largest absolute Gasteiger partial charge is 0.502 e. The first kappa shape index (κ1) is 19.7. The number of benzene rings is 2. The van der Waals surface area contributed by atoms with Gasteiger partial charge in [0.25, 0.3) is 0 Å². The molecule has 2 aromatic carbocycles. The third-order valence-electron chi connectivity index (χ3n) is 3.33. The standard InChI is InChI=1S/C17H15Cl2N3O4/c1-2-3-16(23)21-12-4-5-13(19)14(8-12)20-9-10-6-11(18)7-15(17(10)24)22(25)26/h4-9,24H,2-3H2,1H3,(H,21,23). The molecular weight excluding hydrogens is 381 g/mol. The molecule has 0 unspecified atom stereocenters. The summed E-state index contributed by atoms with van der Waals surface area (Å²) in [6.45, 7) is 1.90. The zero-order valence-electron chi connectivity index (χ0n) is 13.7. The Bertz CT molecular complexity index is 885. The molecule has 2 N–H and O–H groups in total. The summed E-state index contributed by atoms with van der Waals surface area (Å²) in [6.07, 6.45) is 2.33. The Balaban J connectivity index is 2.33. The number of nitro groups is 1. The van der Waals surface area contributed by atoms with Crippen LogP contribution in [0.5, 0.6) is 5.75 Å². The molecule has 9 heteroatoms. The van der Waals surface area contributed by atoms with Gasteiger partial charge in [0, 0.05) is 35.0 Å². The summed E-state index contributed by atoms with van der Waals surface area (Å²) in [5.74, 6) is -0.681. The number of halogens is 2. The number of rotatable bonds is 6. The summed E-state index contributed by atoms with van der Waals surface area (Å²) >= 11 is 11.9. The molecular formula is C17H15Cl2N3O4. The highest BCUT2D eigenvalue weighted by molar-refractivity contribution is 6.33. The highest BCUT2D eigenvalue weighted by Crippen LogP contribution is 2.33. The van der Waals surface area contributed by atoms with Gasteiger partial charge in [0.2, 0.25) is 11.7 Å². The monoisotopic (exact) mass is 395 g/mol. The quantitative estimate of drug-likeness (QED) is 0.403. The number of nitro benzene ring substituents is 1. The molecule has 2 aromatic rings. The van der Waals surface area contributed by atoms with Crippen LogP contribution < -0.4 is 5.32 Å². The molecule has 26 heavy (non-hydrogen) atoms. The minimum Gasteiger partial charge on any atom is -0.502 e.